The molecule has 1 amide bonds. The summed E-state index contributed by atoms with van der Waals surface area (Å²) in [5.74, 6) is -0.637. The van der Waals surface area contributed by atoms with Gasteiger partial charge in [0.05, 0.1) is 22.3 Å². The predicted octanol–water partition coefficient (Wildman–Crippen LogP) is 6.15. The van der Waals surface area contributed by atoms with Crippen LogP contribution in [0.4, 0.5) is 5.69 Å². The summed E-state index contributed by atoms with van der Waals surface area (Å²) in [5.41, 5.74) is 5.63. The number of carbonyl (C=O) groups is 1. The minimum Gasteiger partial charge on any atom is -0.324 e. The van der Waals surface area contributed by atoms with Gasteiger partial charge in [-0.15, -0.1) is 10.2 Å². The van der Waals surface area contributed by atoms with Crippen LogP contribution in [0, 0.1) is 6.92 Å². The molecule has 0 atom stereocenters. The lowest BCUT2D eigenvalue weighted by atomic mass is 9.90. The van der Waals surface area contributed by atoms with Gasteiger partial charge in [-0.05, 0) is 42.3 Å². The standard InChI is InChI=1S/C27H21ClN4O/c1-18-12-14-21(15-13-18)32-30-24-16-22(28)23(17-25(24)31-32)29-27(33)26(19-8-4-2-5-9-19)20-10-6-3-7-11-20/h2-17,26H,1H3,(H,29,33). The third-order valence-electron chi connectivity index (χ3n) is 5.52. The highest BCUT2D eigenvalue weighted by Gasteiger charge is 2.23. The van der Waals surface area contributed by atoms with E-state index in [2.05, 4.69) is 15.5 Å². The molecule has 0 spiro atoms. The van der Waals surface area contributed by atoms with Crippen molar-refractivity contribution in [1.82, 2.24) is 15.0 Å². The highest BCUT2D eigenvalue weighted by molar-refractivity contribution is 6.34. The Balaban J connectivity index is 1.48. The van der Waals surface area contributed by atoms with Crippen molar-refractivity contribution in [1.29, 1.82) is 0 Å². The van der Waals surface area contributed by atoms with Gasteiger partial charge < -0.3 is 5.32 Å². The zero-order valence-corrected chi connectivity index (χ0v) is 18.7. The van der Waals surface area contributed by atoms with E-state index in [9.17, 15) is 4.79 Å². The summed E-state index contributed by atoms with van der Waals surface area (Å²) in [6.07, 6.45) is 0. The first kappa shape index (κ1) is 20.9. The molecule has 5 aromatic rings. The summed E-state index contributed by atoms with van der Waals surface area (Å²) in [6.45, 7) is 2.03. The van der Waals surface area contributed by atoms with Crippen molar-refractivity contribution in [3.8, 4) is 5.69 Å². The van der Waals surface area contributed by atoms with Gasteiger partial charge in [0.15, 0.2) is 0 Å². The predicted molar refractivity (Wildman–Crippen MR) is 132 cm³/mol. The average molecular weight is 453 g/mol. The lowest BCUT2D eigenvalue weighted by Crippen LogP contribution is -2.22. The molecule has 1 aromatic heterocycles. The first-order valence-electron chi connectivity index (χ1n) is 10.6. The van der Waals surface area contributed by atoms with Crippen LogP contribution >= 0.6 is 11.6 Å². The second-order valence-electron chi connectivity index (χ2n) is 7.89. The smallest absolute Gasteiger partial charge is 0.236 e. The molecule has 5 rings (SSSR count). The van der Waals surface area contributed by atoms with Crippen LogP contribution in [0.25, 0.3) is 16.7 Å². The number of nitrogens with one attached hydrogen (secondary N) is 1. The first-order valence-corrected chi connectivity index (χ1v) is 11.0. The normalized spacial score (nSPS) is 11.1. The minimum absolute atomic E-state index is 0.167. The number of aromatic nitrogens is 3. The zero-order valence-electron chi connectivity index (χ0n) is 17.9. The second kappa shape index (κ2) is 8.88. The number of hydrogen-bond acceptors (Lipinski definition) is 3. The molecule has 1 N–H and O–H groups in total. The van der Waals surface area contributed by atoms with Crippen LogP contribution < -0.4 is 5.32 Å². The van der Waals surface area contributed by atoms with Gasteiger partial charge in [-0.3, -0.25) is 4.79 Å². The van der Waals surface area contributed by atoms with Crippen molar-refractivity contribution in [3.05, 3.63) is 119 Å². The molecule has 0 saturated heterocycles. The Bertz CT molecular complexity index is 1370. The molecule has 0 saturated carbocycles. The summed E-state index contributed by atoms with van der Waals surface area (Å²) < 4.78 is 0. The zero-order chi connectivity index (χ0) is 22.8. The molecule has 0 aliphatic heterocycles. The van der Waals surface area contributed by atoms with Crippen LogP contribution in [0.1, 0.15) is 22.6 Å². The fourth-order valence-electron chi connectivity index (χ4n) is 3.82. The molecular formula is C27H21ClN4O. The van der Waals surface area contributed by atoms with E-state index < -0.39 is 5.92 Å². The fourth-order valence-corrected chi connectivity index (χ4v) is 4.02. The molecule has 162 valence electrons. The Kier molecular flexibility index (Phi) is 5.63. The molecule has 33 heavy (non-hydrogen) atoms. The number of nitrogens with zero attached hydrogens (tertiary/aromatic N) is 3. The lowest BCUT2D eigenvalue weighted by molar-refractivity contribution is -0.116. The van der Waals surface area contributed by atoms with Gasteiger partial charge in [0.2, 0.25) is 5.91 Å². The molecule has 0 radical (unpaired) electrons. The topological polar surface area (TPSA) is 59.8 Å². The van der Waals surface area contributed by atoms with E-state index in [1.54, 1.807) is 16.9 Å². The van der Waals surface area contributed by atoms with Crippen LogP contribution in [0.3, 0.4) is 0 Å². The molecular weight excluding hydrogens is 432 g/mol. The number of fused-ring (bicyclic) bond motifs is 1. The Labute approximate surface area is 196 Å². The van der Waals surface area contributed by atoms with E-state index in [1.165, 1.54) is 0 Å². The number of anilines is 1. The van der Waals surface area contributed by atoms with E-state index in [4.69, 9.17) is 11.6 Å². The minimum atomic E-state index is -0.470. The number of hydrogen-bond donors (Lipinski definition) is 1. The number of carbonyl (C=O) groups excluding carboxylic acids is 1. The molecule has 0 bridgehead atoms. The molecule has 0 aliphatic carbocycles. The van der Waals surface area contributed by atoms with Crippen LogP contribution in [0.2, 0.25) is 5.02 Å². The van der Waals surface area contributed by atoms with Gasteiger partial charge >= 0.3 is 0 Å². The summed E-state index contributed by atoms with van der Waals surface area (Å²) >= 11 is 6.53. The maximum Gasteiger partial charge on any atom is 0.236 e. The quantitative estimate of drug-likeness (QED) is 0.347. The second-order valence-corrected chi connectivity index (χ2v) is 8.30. The fraction of sp³-hybridized carbons (Fsp3) is 0.0741. The van der Waals surface area contributed by atoms with E-state index in [-0.39, 0.29) is 5.91 Å². The van der Waals surface area contributed by atoms with Gasteiger partial charge in [0.1, 0.15) is 11.0 Å². The maximum atomic E-state index is 13.4. The summed E-state index contributed by atoms with van der Waals surface area (Å²) in [5, 5.41) is 12.5. The molecule has 1 heterocycles. The largest absolute Gasteiger partial charge is 0.324 e. The SMILES string of the molecule is Cc1ccc(-n2nc3cc(Cl)c(NC(=O)C(c4ccccc4)c4ccccc4)cc3n2)cc1. The molecule has 6 heteroatoms. The third kappa shape index (κ3) is 4.36. The van der Waals surface area contributed by atoms with Gasteiger partial charge in [-0.1, -0.05) is 90.0 Å². The van der Waals surface area contributed by atoms with Gasteiger partial charge in [0, 0.05) is 0 Å². The summed E-state index contributed by atoms with van der Waals surface area (Å²) in [6, 6.07) is 30.8. The monoisotopic (exact) mass is 452 g/mol. The molecule has 0 fully saturated rings. The Hall–Kier alpha value is -3.96. The van der Waals surface area contributed by atoms with Crippen molar-refractivity contribution in [2.45, 2.75) is 12.8 Å². The molecule has 4 aromatic carbocycles. The number of amides is 1. The number of rotatable bonds is 5. The highest BCUT2D eigenvalue weighted by Crippen LogP contribution is 2.30. The van der Waals surface area contributed by atoms with Crippen molar-refractivity contribution >= 4 is 34.2 Å². The number of benzene rings is 4. The molecule has 0 aliphatic rings. The van der Waals surface area contributed by atoms with E-state index >= 15 is 0 Å². The van der Waals surface area contributed by atoms with E-state index in [0.29, 0.717) is 21.7 Å². The first-order chi connectivity index (χ1) is 16.1. The van der Waals surface area contributed by atoms with Crippen molar-refractivity contribution < 1.29 is 4.79 Å². The van der Waals surface area contributed by atoms with Crippen molar-refractivity contribution in [2.75, 3.05) is 5.32 Å². The van der Waals surface area contributed by atoms with Gasteiger partial charge in [-0.2, -0.15) is 4.80 Å². The summed E-state index contributed by atoms with van der Waals surface area (Å²) in [7, 11) is 0. The van der Waals surface area contributed by atoms with Gasteiger partial charge in [-0.25, -0.2) is 0 Å². The average Bonchev–Trinajstić information content (AvgIpc) is 3.24. The highest BCUT2D eigenvalue weighted by atomic mass is 35.5. The van der Waals surface area contributed by atoms with E-state index in [1.807, 2.05) is 91.9 Å². The Morgan fingerprint density at radius 1 is 0.818 bits per heavy atom. The lowest BCUT2D eigenvalue weighted by Gasteiger charge is -2.18. The molecule has 5 nitrogen and oxygen atoms in total. The Morgan fingerprint density at radius 2 is 1.36 bits per heavy atom. The Morgan fingerprint density at radius 3 is 1.94 bits per heavy atom. The van der Waals surface area contributed by atoms with Crippen LogP contribution in [-0.4, -0.2) is 20.9 Å². The molecule has 0 unspecified atom stereocenters. The van der Waals surface area contributed by atoms with Crippen LogP contribution in [0.15, 0.2) is 97.1 Å². The number of halogens is 1. The van der Waals surface area contributed by atoms with Gasteiger partial charge in [0.25, 0.3) is 0 Å². The van der Waals surface area contributed by atoms with Crippen molar-refractivity contribution in [2.24, 2.45) is 0 Å². The van der Waals surface area contributed by atoms with E-state index in [0.717, 1.165) is 22.4 Å². The van der Waals surface area contributed by atoms with Crippen LogP contribution in [-0.2, 0) is 4.79 Å². The third-order valence-corrected chi connectivity index (χ3v) is 5.83. The van der Waals surface area contributed by atoms with Crippen molar-refractivity contribution in [3.63, 3.8) is 0 Å². The number of aryl methyl sites for hydroxylation is 1. The van der Waals surface area contributed by atoms with Crippen LogP contribution in [0.5, 0.6) is 0 Å². The summed E-state index contributed by atoms with van der Waals surface area (Å²) in [4.78, 5) is 15.0. The maximum absolute atomic E-state index is 13.4.